The molecule has 2 rings (SSSR count). The summed E-state index contributed by atoms with van der Waals surface area (Å²) in [6.45, 7) is 2.97. The third-order valence-corrected chi connectivity index (χ3v) is 1.92. The van der Waals surface area contributed by atoms with E-state index < -0.39 is 0 Å². The Kier molecular flexibility index (Phi) is 1.62. The number of hydrogen-bond acceptors (Lipinski definition) is 2. The van der Waals surface area contributed by atoms with Gasteiger partial charge in [-0.3, -0.25) is 4.98 Å². The SMILES string of the molecule is CCc1ccc([C@@H]2CO2)nc1. The first-order valence-corrected chi connectivity index (χ1v) is 3.96. The van der Waals surface area contributed by atoms with Crippen LogP contribution in [0.3, 0.4) is 0 Å². The average Bonchev–Trinajstić information content (AvgIpc) is 2.87. The lowest BCUT2D eigenvalue weighted by Crippen LogP contribution is -1.88. The summed E-state index contributed by atoms with van der Waals surface area (Å²) in [5.41, 5.74) is 2.36. The predicted octanol–water partition coefficient (Wildman–Crippen LogP) is 1.72. The molecule has 0 radical (unpaired) electrons. The molecule has 1 fully saturated rings. The van der Waals surface area contributed by atoms with Crippen molar-refractivity contribution in [2.75, 3.05) is 6.61 Å². The monoisotopic (exact) mass is 149 g/mol. The molecule has 0 N–H and O–H groups in total. The third kappa shape index (κ3) is 1.40. The topological polar surface area (TPSA) is 25.4 Å². The summed E-state index contributed by atoms with van der Waals surface area (Å²) in [6.07, 6.45) is 3.27. The lowest BCUT2D eigenvalue weighted by Gasteiger charge is -1.96. The number of aromatic nitrogens is 1. The second-order valence-corrected chi connectivity index (χ2v) is 2.77. The molecular weight excluding hydrogens is 138 g/mol. The number of epoxide rings is 1. The molecular formula is C9H11NO. The number of aryl methyl sites for hydroxylation is 1. The van der Waals surface area contributed by atoms with Crippen molar-refractivity contribution in [1.29, 1.82) is 0 Å². The van der Waals surface area contributed by atoms with Crippen LogP contribution in [-0.2, 0) is 11.2 Å². The van der Waals surface area contributed by atoms with Gasteiger partial charge in [0.25, 0.3) is 0 Å². The molecule has 2 heterocycles. The van der Waals surface area contributed by atoms with E-state index in [0.29, 0.717) is 6.10 Å². The number of pyridine rings is 1. The van der Waals surface area contributed by atoms with Crippen LogP contribution in [0.4, 0.5) is 0 Å². The van der Waals surface area contributed by atoms with Gasteiger partial charge in [-0.05, 0) is 18.1 Å². The summed E-state index contributed by atoms with van der Waals surface area (Å²) in [6, 6.07) is 4.17. The normalized spacial score (nSPS) is 21.7. The van der Waals surface area contributed by atoms with Gasteiger partial charge in [0.1, 0.15) is 6.10 Å². The number of hydrogen-bond donors (Lipinski definition) is 0. The number of nitrogens with zero attached hydrogens (tertiary/aromatic N) is 1. The molecule has 0 spiro atoms. The van der Waals surface area contributed by atoms with Crippen LogP contribution >= 0.6 is 0 Å². The fourth-order valence-electron chi connectivity index (χ4n) is 1.05. The highest BCUT2D eigenvalue weighted by molar-refractivity contribution is 5.17. The molecule has 1 aromatic rings. The Morgan fingerprint density at radius 1 is 1.64 bits per heavy atom. The van der Waals surface area contributed by atoms with Crippen LogP contribution in [0.5, 0.6) is 0 Å². The second kappa shape index (κ2) is 2.62. The molecule has 0 unspecified atom stereocenters. The van der Waals surface area contributed by atoms with Gasteiger partial charge in [-0.15, -0.1) is 0 Å². The van der Waals surface area contributed by atoms with E-state index in [1.165, 1.54) is 5.56 Å². The van der Waals surface area contributed by atoms with Crippen molar-refractivity contribution < 1.29 is 4.74 Å². The smallest absolute Gasteiger partial charge is 0.123 e. The van der Waals surface area contributed by atoms with Crippen LogP contribution in [0.1, 0.15) is 24.3 Å². The average molecular weight is 149 g/mol. The lowest BCUT2D eigenvalue weighted by atomic mass is 10.2. The van der Waals surface area contributed by atoms with Crippen LogP contribution in [0.2, 0.25) is 0 Å². The highest BCUT2D eigenvalue weighted by Gasteiger charge is 2.25. The van der Waals surface area contributed by atoms with E-state index in [4.69, 9.17) is 4.74 Å². The lowest BCUT2D eigenvalue weighted by molar-refractivity contribution is 0.411. The van der Waals surface area contributed by atoms with Crippen LogP contribution < -0.4 is 0 Å². The summed E-state index contributed by atoms with van der Waals surface area (Å²) >= 11 is 0. The van der Waals surface area contributed by atoms with E-state index >= 15 is 0 Å². The van der Waals surface area contributed by atoms with Gasteiger partial charge < -0.3 is 4.74 Å². The molecule has 0 amide bonds. The first-order valence-electron chi connectivity index (χ1n) is 3.96. The summed E-state index contributed by atoms with van der Waals surface area (Å²) in [7, 11) is 0. The Balaban J connectivity index is 2.19. The molecule has 1 saturated heterocycles. The zero-order valence-electron chi connectivity index (χ0n) is 6.58. The molecule has 0 aromatic carbocycles. The standard InChI is InChI=1S/C9H11NO/c1-2-7-3-4-8(10-5-7)9-6-11-9/h3-5,9H,2,6H2,1H3/t9-/m0/s1. The van der Waals surface area contributed by atoms with E-state index in [1.54, 1.807) is 0 Å². The fourth-order valence-corrected chi connectivity index (χ4v) is 1.05. The molecule has 0 saturated carbocycles. The van der Waals surface area contributed by atoms with Gasteiger partial charge in [0.05, 0.1) is 12.3 Å². The highest BCUT2D eigenvalue weighted by Crippen LogP contribution is 2.27. The Hall–Kier alpha value is -0.890. The molecule has 1 aliphatic heterocycles. The highest BCUT2D eigenvalue weighted by atomic mass is 16.6. The molecule has 1 aromatic heterocycles. The van der Waals surface area contributed by atoms with Crippen LogP contribution in [-0.4, -0.2) is 11.6 Å². The first kappa shape index (κ1) is 6.80. The number of ether oxygens (including phenoxy) is 1. The first-order chi connectivity index (χ1) is 5.40. The summed E-state index contributed by atoms with van der Waals surface area (Å²) in [4.78, 5) is 4.29. The third-order valence-electron chi connectivity index (χ3n) is 1.92. The van der Waals surface area contributed by atoms with E-state index in [1.807, 2.05) is 6.20 Å². The zero-order valence-corrected chi connectivity index (χ0v) is 6.58. The maximum absolute atomic E-state index is 5.11. The van der Waals surface area contributed by atoms with Gasteiger partial charge in [-0.2, -0.15) is 0 Å². The zero-order chi connectivity index (χ0) is 7.68. The summed E-state index contributed by atoms with van der Waals surface area (Å²) < 4.78 is 5.11. The second-order valence-electron chi connectivity index (χ2n) is 2.77. The van der Waals surface area contributed by atoms with Crippen LogP contribution in [0.15, 0.2) is 18.3 Å². The molecule has 0 bridgehead atoms. The van der Waals surface area contributed by atoms with E-state index in [2.05, 4.69) is 24.0 Å². The van der Waals surface area contributed by atoms with Gasteiger partial charge in [-0.25, -0.2) is 0 Å². The van der Waals surface area contributed by atoms with Crippen molar-refractivity contribution in [2.24, 2.45) is 0 Å². The summed E-state index contributed by atoms with van der Waals surface area (Å²) in [5.74, 6) is 0. The minimum atomic E-state index is 0.293. The van der Waals surface area contributed by atoms with Crippen molar-refractivity contribution in [1.82, 2.24) is 4.98 Å². The molecule has 2 nitrogen and oxygen atoms in total. The van der Waals surface area contributed by atoms with Crippen molar-refractivity contribution >= 4 is 0 Å². The molecule has 58 valence electrons. The van der Waals surface area contributed by atoms with Gasteiger partial charge >= 0.3 is 0 Å². The fraction of sp³-hybridized carbons (Fsp3) is 0.444. The van der Waals surface area contributed by atoms with Gasteiger partial charge in [0.2, 0.25) is 0 Å². The maximum atomic E-state index is 5.11. The Morgan fingerprint density at radius 3 is 2.91 bits per heavy atom. The predicted molar refractivity (Wildman–Crippen MR) is 42.3 cm³/mol. The quantitative estimate of drug-likeness (QED) is 0.598. The molecule has 0 aliphatic carbocycles. The van der Waals surface area contributed by atoms with E-state index in [0.717, 1.165) is 18.7 Å². The largest absolute Gasteiger partial charge is 0.366 e. The van der Waals surface area contributed by atoms with E-state index in [9.17, 15) is 0 Å². The van der Waals surface area contributed by atoms with Crippen molar-refractivity contribution in [2.45, 2.75) is 19.4 Å². The van der Waals surface area contributed by atoms with Gasteiger partial charge in [-0.1, -0.05) is 13.0 Å². The maximum Gasteiger partial charge on any atom is 0.123 e. The van der Waals surface area contributed by atoms with Crippen molar-refractivity contribution in [3.05, 3.63) is 29.6 Å². The Labute approximate surface area is 66.2 Å². The Bertz CT molecular complexity index is 238. The number of rotatable bonds is 2. The van der Waals surface area contributed by atoms with Crippen LogP contribution in [0.25, 0.3) is 0 Å². The minimum Gasteiger partial charge on any atom is -0.366 e. The minimum absolute atomic E-state index is 0.293. The van der Waals surface area contributed by atoms with Gasteiger partial charge in [0, 0.05) is 6.20 Å². The Morgan fingerprint density at radius 2 is 2.45 bits per heavy atom. The van der Waals surface area contributed by atoms with Crippen LogP contribution in [0, 0.1) is 0 Å². The molecule has 1 atom stereocenters. The van der Waals surface area contributed by atoms with Crippen molar-refractivity contribution in [3.63, 3.8) is 0 Å². The molecule has 11 heavy (non-hydrogen) atoms. The van der Waals surface area contributed by atoms with Gasteiger partial charge in [0.15, 0.2) is 0 Å². The molecule has 2 heteroatoms. The van der Waals surface area contributed by atoms with E-state index in [-0.39, 0.29) is 0 Å². The molecule has 1 aliphatic rings. The van der Waals surface area contributed by atoms with Crippen molar-refractivity contribution in [3.8, 4) is 0 Å². The summed E-state index contributed by atoms with van der Waals surface area (Å²) in [5, 5.41) is 0.